The number of aliphatic carboxylic acids is 1. The monoisotopic (exact) mass is 541 g/mol. The first-order valence-electron chi connectivity index (χ1n) is 7.72. The van der Waals surface area contributed by atoms with Crippen molar-refractivity contribution in [1.29, 1.82) is 0 Å². The van der Waals surface area contributed by atoms with Crippen LogP contribution in [-0.4, -0.2) is 35.0 Å². The number of rotatable bonds is 4. The van der Waals surface area contributed by atoms with Crippen molar-refractivity contribution in [3.05, 3.63) is 53.8 Å². The smallest absolute Gasteiger partial charge is 0.430 e. The number of hydrogen-bond donors (Lipinski definition) is 0. The second-order valence-electron chi connectivity index (χ2n) is 5.27. The summed E-state index contributed by atoms with van der Waals surface area (Å²) in [7, 11) is 0. The summed E-state index contributed by atoms with van der Waals surface area (Å²) in [5.41, 5.74) is 0.348. The van der Waals surface area contributed by atoms with Gasteiger partial charge in [0.2, 0.25) is 2.88 Å². The summed E-state index contributed by atoms with van der Waals surface area (Å²) >= 11 is 1.35. The number of carboxylic acids is 1. The van der Waals surface area contributed by atoms with E-state index in [2.05, 4.69) is 6.07 Å². The van der Waals surface area contributed by atoms with Crippen LogP contribution in [0.15, 0.2) is 41.8 Å². The average molecular weight is 541 g/mol. The molecule has 1 aromatic carbocycles. The SMILES string of the molecule is O=C(ON1C(=O)CCC1=O)c1cccc([I+]c2cccs2)c1.O=C([O-])C(F)(F)F. The second kappa shape index (κ2) is 9.82. The summed E-state index contributed by atoms with van der Waals surface area (Å²) < 4.78 is 33.9. The molecule has 1 aliphatic rings. The Hall–Kier alpha value is -2.48. The van der Waals surface area contributed by atoms with Gasteiger partial charge in [0, 0.05) is 25.0 Å². The molecule has 29 heavy (non-hydrogen) atoms. The topological polar surface area (TPSA) is 104 Å². The van der Waals surface area contributed by atoms with Gasteiger partial charge < -0.3 is 14.7 Å². The number of benzene rings is 1. The molecule has 0 aliphatic carbocycles. The minimum absolute atomic E-state index is 0.0933. The van der Waals surface area contributed by atoms with Crippen LogP contribution in [0.1, 0.15) is 23.2 Å². The third kappa shape index (κ3) is 6.81. The molecule has 2 amide bonds. The highest BCUT2D eigenvalue weighted by Gasteiger charge is 2.33. The summed E-state index contributed by atoms with van der Waals surface area (Å²) in [6, 6.07) is 11.2. The molecule has 2 heterocycles. The maximum Gasteiger partial charge on any atom is 0.430 e. The molecule has 0 radical (unpaired) electrons. The normalized spacial score (nSPS) is 13.7. The molecule has 1 aliphatic heterocycles. The Bertz CT molecular complexity index is 900. The molecule has 0 atom stereocenters. The van der Waals surface area contributed by atoms with Crippen molar-refractivity contribution in [3.8, 4) is 0 Å². The van der Waals surface area contributed by atoms with Crippen LogP contribution in [0.3, 0.4) is 0 Å². The van der Waals surface area contributed by atoms with E-state index in [-0.39, 0.29) is 34.0 Å². The lowest BCUT2D eigenvalue weighted by Gasteiger charge is -2.12. The molecule has 1 saturated heterocycles. The number of thiophene rings is 1. The van der Waals surface area contributed by atoms with Crippen LogP contribution >= 0.6 is 11.3 Å². The van der Waals surface area contributed by atoms with Crippen molar-refractivity contribution >= 4 is 35.1 Å². The quantitative estimate of drug-likeness (QED) is 0.341. The molecule has 3 rings (SSSR count). The molecule has 7 nitrogen and oxygen atoms in total. The number of carbonyl (C=O) groups is 4. The zero-order chi connectivity index (χ0) is 21.6. The third-order valence-electron chi connectivity index (χ3n) is 3.16. The van der Waals surface area contributed by atoms with Crippen LogP contribution in [0, 0.1) is 6.45 Å². The Morgan fingerprint density at radius 2 is 1.72 bits per heavy atom. The number of nitrogens with zero attached hydrogens (tertiary/aromatic N) is 1. The van der Waals surface area contributed by atoms with Crippen LogP contribution in [0.5, 0.6) is 0 Å². The molecule has 12 heteroatoms. The number of imide groups is 1. The molecule has 1 fully saturated rings. The van der Waals surface area contributed by atoms with Crippen LogP contribution in [-0.2, 0) is 19.2 Å². The third-order valence-corrected chi connectivity index (χ3v) is 7.28. The standard InChI is InChI=1S/C15H11INO4S.C2HF3O2/c18-13-6-7-14(19)17(13)21-15(20)10-3-1-4-11(9-10)16-12-5-2-8-22-12;3-2(4,5)1(6)7/h1-5,8-9H,6-7H2;(H,6,7)/q+1;/p-1. The van der Waals surface area contributed by atoms with Crippen molar-refractivity contribution in [2.45, 2.75) is 19.0 Å². The van der Waals surface area contributed by atoms with E-state index in [0.29, 0.717) is 10.6 Å². The van der Waals surface area contributed by atoms with Gasteiger partial charge in [0.05, 0.1) is 5.56 Å². The number of alkyl halides is 3. The first-order valence-corrected chi connectivity index (χ1v) is 10.8. The number of hydroxylamine groups is 2. The van der Waals surface area contributed by atoms with Crippen molar-refractivity contribution in [2.24, 2.45) is 0 Å². The minimum atomic E-state index is -5.19. The Balaban J connectivity index is 0.000000370. The predicted octanol–water partition coefficient (Wildman–Crippen LogP) is -1.60. The van der Waals surface area contributed by atoms with E-state index in [1.165, 1.54) is 2.88 Å². The highest BCUT2D eigenvalue weighted by atomic mass is 127. The first-order chi connectivity index (χ1) is 13.6. The maximum atomic E-state index is 12.1. The van der Waals surface area contributed by atoms with Crippen molar-refractivity contribution in [1.82, 2.24) is 5.06 Å². The maximum absolute atomic E-state index is 12.1. The number of halogens is 4. The van der Waals surface area contributed by atoms with Crippen LogP contribution in [0.4, 0.5) is 13.2 Å². The zero-order valence-corrected chi connectivity index (χ0v) is 17.2. The summed E-state index contributed by atoms with van der Waals surface area (Å²) in [6.45, 7) is 0. The highest BCUT2D eigenvalue weighted by molar-refractivity contribution is 7.07. The van der Waals surface area contributed by atoms with Crippen LogP contribution in [0.2, 0.25) is 0 Å². The molecule has 154 valence electrons. The summed E-state index contributed by atoms with van der Waals surface area (Å²) in [5, 5.41) is 11.4. The van der Waals surface area contributed by atoms with Gasteiger partial charge in [0.15, 0.2) is 3.57 Å². The van der Waals surface area contributed by atoms with Gasteiger partial charge in [-0.15, -0.1) is 5.06 Å². The summed E-state index contributed by atoms with van der Waals surface area (Å²) in [4.78, 5) is 48.7. The first kappa shape index (κ1) is 22.8. The van der Waals surface area contributed by atoms with Crippen molar-refractivity contribution in [3.63, 3.8) is 0 Å². The fraction of sp³-hybridized carbons (Fsp3) is 0.176. The molecular formula is C17H11F3INO6S. The Morgan fingerprint density at radius 3 is 2.24 bits per heavy atom. The van der Waals surface area contributed by atoms with Crippen molar-refractivity contribution in [2.75, 3.05) is 0 Å². The van der Waals surface area contributed by atoms with E-state index in [0.717, 1.165) is 3.57 Å². The summed E-state index contributed by atoms with van der Waals surface area (Å²) in [6.07, 6.45) is -5.01. The molecule has 0 N–H and O–H groups in total. The zero-order valence-electron chi connectivity index (χ0n) is 14.3. The van der Waals surface area contributed by atoms with Gasteiger partial charge in [-0.25, -0.2) is 4.79 Å². The number of carboxylic acid groups (broad SMARTS) is 1. The second-order valence-corrected chi connectivity index (χ2v) is 9.89. The van der Waals surface area contributed by atoms with Gasteiger partial charge in [-0.2, -0.15) is 13.2 Å². The van der Waals surface area contributed by atoms with Gasteiger partial charge in [0.25, 0.3) is 11.8 Å². The summed E-state index contributed by atoms with van der Waals surface area (Å²) in [5.74, 6) is -4.63. The van der Waals surface area contributed by atoms with E-state index in [1.54, 1.807) is 29.5 Å². The fourth-order valence-corrected chi connectivity index (χ4v) is 5.68. The Morgan fingerprint density at radius 1 is 1.10 bits per heavy atom. The van der Waals surface area contributed by atoms with Gasteiger partial charge in [-0.05, 0) is 23.6 Å². The number of hydrogen-bond acceptors (Lipinski definition) is 7. The molecule has 1 aromatic heterocycles. The van der Waals surface area contributed by atoms with E-state index in [4.69, 9.17) is 14.7 Å². The lowest BCUT2D eigenvalue weighted by Crippen LogP contribution is -3.61. The molecular weight excluding hydrogens is 530 g/mol. The van der Waals surface area contributed by atoms with Crippen molar-refractivity contribution < 1.29 is 63.5 Å². The minimum Gasteiger partial charge on any atom is -0.542 e. The molecule has 0 spiro atoms. The van der Waals surface area contributed by atoms with Crippen LogP contribution in [0.25, 0.3) is 0 Å². The predicted molar refractivity (Wildman–Crippen MR) is 85.7 cm³/mol. The molecule has 2 aromatic rings. The van der Waals surface area contributed by atoms with Gasteiger partial charge in [0.1, 0.15) is 5.97 Å². The van der Waals surface area contributed by atoms with Crippen LogP contribution < -0.4 is 26.3 Å². The van der Waals surface area contributed by atoms with Gasteiger partial charge in [-0.1, -0.05) is 17.4 Å². The highest BCUT2D eigenvalue weighted by Crippen LogP contribution is 2.14. The fourth-order valence-electron chi connectivity index (χ4n) is 1.89. The Kier molecular flexibility index (Phi) is 7.73. The van der Waals surface area contributed by atoms with E-state index in [9.17, 15) is 27.6 Å². The largest absolute Gasteiger partial charge is 0.542 e. The molecule has 0 bridgehead atoms. The number of carbonyl (C=O) groups excluding carboxylic acids is 4. The van der Waals surface area contributed by atoms with E-state index >= 15 is 0 Å². The Labute approximate surface area is 176 Å². The average Bonchev–Trinajstić information content (AvgIpc) is 3.27. The molecule has 0 unspecified atom stereocenters. The lowest BCUT2D eigenvalue weighted by atomic mass is 10.2. The van der Waals surface area contributed by atoms with Gasteiger partial charge >= 0.3 is 33.4 Å². The number of amides is 2. The van der Waals surface area contributed by atoms with E-state index < -0.39 is 29.9 Å². The lowest BCUT2D eigenvalue weighted by molar-refractivity contribution is -0.591. The molecule has 0 saturated carbocycles. The van der Waals surface area contributed by atoms with Gasteiger partial charge in [-0.3, -0.25) is 9.59 Å². The van der Waals surface area contributed by atoms with E-state index in [1.807, 2.05) is 17.5 Å².